The first-order valence-electron chi connectivity index (χ1n) is 5.35. The molecule has 2 rings (SSSR count). The standard InChI is InChI=1S/C13H9F3N2O/c1-7-4-8(10(15)5-9(7)14)13(19)18-12-2-3-17-6-11(12)16/h2-6H,1H3,(H,17,18,19). The summed E-state index contributed by atoms with van der Waals surface area (Å²) in [5.74, 6) is -3.35. The minimum Gasteiger partial charge on any atom is -0.319 e. The first-order valence-corrected chi connectivity index (χ1v) is 5.35. The van der Waals surface area contributed by atoms with Gasteiger partial charge in [-0.05, 0) is 24.6 Å². The zero-order valence-electron chi connectivity index (χ0n) is 9.88. The Labute approximate surface area is 107 Å². The van der Waals surface area contributed by atoms with Crippen molar-refractivity contribution in [2.75, 3.05) is 5.32 Å². The lowest BCUT2D eigenvalue weighted by Crippen LogP contribution is -2.15. The molecule has 0 atom stereocenters. The van der Waals surface area contributed by atoms with Gasteiger partial charge in [-0.15, -0.1) is 0 Å². The predicted octanol–water partition coefficient (Wildman–Crippen LogP) is 3.06. The number of nitrogens with zero attached hydrogens (tertiary/aromatic N) is 1. The van der Waals surface area contributed by atoms with E-state index >= 15 is 0 Å². The maximum Gasteiger partial charge on any atom is 0.258 e. The van der Waals surface area contributed by atoms with Crippen molar-refractivity contribution in [2.24, 2.45) is 0 Å². The molecule has 98 valence electrons. The second-order valence-corrected chi connectivity index (χ2v) is 3.89. The van der Waals surface area contributed by atoms with Crippen LogP contribution in [0.2, 0.25) is 0 Å². The molecule has 1 aromatic heterocycles. The van der Waals surface area contributed by atoms with Crippen molar-refractivity contribution in [1.29, 1.82) is 0 Å². The average molecular weight is 266 g/mol. The molecule has 0 bridgehead atoms. The number of pyridine rings is 1. The van der Waals surface area contributed by atoms with Crippen LogP contribution in [-0.4, -0.2) is 10.9 Å². The van der Waals surface area contributed by atoms with Crippen LogP contribution in [0, 0.1) is 24.4 Å². The summed E-state index contributed by atoms with van der Waals surface area (Å²) in [4.78, 5) is 15.3. The van der Waals surface area contributed by atoms with Gasteiger partial charge in [0.15, 0.2) is 5.82 Å². The molecular formula is C13H9F3N2O. The van der Waals surface area contributed by atoms with Crippen LogP contribution in [0.15, 0.2) is 30.6 Å². The molecule has 1 heterocycles. The maximum absolute atomic E-state index is 13.5. The van der Waals surface area contributed by atoms with Gasteiger partial charge in [0, 0.05) is 12.3 Å². The molecule has 6 heteroatoms. The minimum absolute atomic E-state index is 0.124. The summed E-state index contributed by atoms with van der Waals surface area (Å²) in [6, 6.07) is 2.92. The van der Waals surface area contributed by atoms with E-state index in [9.17, 15) is 18.0 Å². The van der Waals surface area contributed by atoms with E-state index in [1.807, 2.05) is 0 Å². The third-order valence-corrected chi connectivity index (χ3v) is 2.51. The number of hydrogen-bond acceptors (Lipinski definition) is 2. The fraction of sp³-hybridized carbons (Fsp3) is 0.0769. The lowest BCUT2D eigenvalue weighted by atomic mass is 10.1. The lowest BCUT2D eigenvalue weighted by Gasteiger charge is -2.08. The van der Waals surface area contributed by atoms with Crippen molar-refractivity contribution in [3.63, 3.8) is 0 Å². The van der Waals surface area contributed by atoms with Gasteiger partial charge >= 0.3 is 0 Å². The van der Waals surface area contributed by atoms with E-state index in [-0.39, 0.29) is 16.8 Å². The molecule has 0 aliphatic carbocycles. The number of aryl methyl sites for hydroxylation is 1. The average Bonchev–Trinajstić information content (AvgIpc) is 2.36. The van der Waals surface area contributed by atoms with Crippen molar-refractivity contribution in [3.05, 3.63) is 59.2 Å². The highest BCUT2D eigenvalue weighted by atomic mass is 19.1. The first-order chi connectivity index (χ1) is 8.99. The molecule has 0 spiro atoms. The number of benzene rings is 1. The zero-order chi connectivity index (χ0) is 14.0. The number of halogens is 3. The van der Waals surface area contributed by atoms with E-state index in [2.05, 4.69) is 10.3 Å². The van der Waals surface area contributed by atoms with Crippen LogP contribution in [0.4, 0.5) is 18.9 Å². The number of hydrogen-bond donors (Lipinski definition) is 1. The Morgan fingerprint density at radius 3 is 2.58 bits per heavy atom. The second-order valence-electron chi connectivity index (χ2n) is 3.89. The third-order valence-electron chi connectivity index (χ3n) is 2.51. The SMILES string of the molecule is Cc1cc(C(=O)Nc2ccncc2F)c(F)cc1F. The van der Waals surface area contributed by atoms with Gasteiger partial charge in [0.05, 0.1) is 17.4 Å². The summed E-state index contributed by atoms with van der Waals surface area (Å²) < 4.78 is 39.8. The van der Waals surface area contributed by atoms with E-state index in [0.29, 0.717) is 6.07 Å². The monoisotopic (exact) mass is 266 g/mol. The predicted molar refractivity (Wildman–Crippen MR) is 63.2 cm³/mol. The summed E-state index contributed by atoms with van der Waals surface area (Å²) in [5, 5.41) is 2.20. The second kappa shape index (κ2) is 5.09. The molecule has 0 saturated heterocycles. The summed E-state index contributed by atoms with van der Waals surface area (Å²) in [6.45, 7) is 1.40. The molecule has 0 aliphatic heterocycles. The Balaban J connectivity index is 2.31. The van der Waals surface area contributed by atoms with E-state index < -0.39 is 23.4 Å². The summed E-state index contributed by atoms with van der Waals surface area (Å²) in [5.41, 5.74) is -0.349. The van der Waals surface area contributed by atoms with Crippen LogP contribution in [0.1, 0.15) is 15.9 Å². The Bertz CT molecular complexity index is 644. The molecule has 0 fully saturated rings. The van der Waals surface area contributed by atoms with Gasteiger partial charge in [0.2, 0.25) is 0 Å². The largest absolute Gasteiger partial charge is 0.319 e. The number of anilines is 1. The van der Waals surface area contributed by atoms with Crippen LogP contribution >= 0.6 is 0 Å². The smallest absolute Gasteiger partial charge is 0.258 e. The van der Waals surface area contributed by atoms with Crippen molar-refractivity contribution in [2.45, 2.75) is 6.92 Å². The van der Waals surface area contributed by atoms with Crippen molar-refractivity contribution in [1.82, 2.24) is 4.98 Å². The van der Waals surface area contributed by atoms with Gasteiger partial charge in [-0.3, -0.25) is 9.78 Å². The van der Waals surface area contributed by atoms with Crippen LogP contribution in [0.25, 0.3) is 0 Å². The number of carbonyl (C=O) groups is 1. The number of carbonyl (C=O) groups excluding carboxylic acids is 1. The Morgan fingerprint density at radius 1 is 1.16 bits per heavy atom. The van der Waals surface area contributed by atoms with Crippen molar-refractivity contribution < 1.29 is 18.0 Å². The highest BCUT2D eigenvalue weighted by molar-refractivity contribution is 6.04. The Kier molecular flexibility index (Phi) is 3.50. The molecule has 2 aromatic rings. The minimum atomic E-state index is -1.00. The summed E-state index contributed by atoms with van der Waals surface area (Å²) in [6.07, 6.45) is 2.20. The van der Waals surface area contributed by atoms with Gasteiger partial charge in [-0.1, -0.05) is 0 Å². The van der Waals surface area contributed by atoms with Gasteiger partial charge < -0.3 is 5.32 Å². The Morgan fingerprint density at radius 2 is 1.89 bits per heavy atom. The zero-order valence-corrected chi connectivity index (χ0v) is 9.88. The number of nitrogens with one attached hydrogen (secondary N) is 1. The molecule has 1 aromatic carbocycles. The van der Waals surface area contributed by atoms with Gasteiger partial charge in [-0.2, -0.15) is 0 Å². The highest BCUT2D eigenvalue weighted by Gasteiger charge is 2.16. The normalized spacial score (nSPS) is 10.3. The highest BCUT2D eigenvalue weighted by Crippen LogP contribution is 2.17. The van der Waals surface area contributed by atoms with Gasteiger partial charge in [0.25, 0.3) is 5.91 Å². The van der Waals surface area contributed by atoms with Crippen LogP contribution < -0.4 is 5.32 Å². The summed E-state index contributed by atoms with van der Waals surface area (Å²) >= 11 is 0. The van der Waals surface area contributed by atoms with Crippen LogP contribution in [-0.2, 0) is 0 Å². The molecule has 1 amide bonds. The molecule has 0 aliphatic rings. The molecule has 0 saturated carbocycles. The topological polar surface area (TPSA) is 42.0 Å². The number of rotatable bonds is 2. The van der Waals surface area contributed by atoms with Crippen molar-refractivity contribution in [3.8, 4) is 0 Å². The summed E-state index contributed by atoms with van der Waals surface area (Å²) in [7, 11) is 0. The third kappa shape index (κ3) is 2.73. The first kappa shape index (κ1) is 13.1. The fourth-order valence-electron chi connectivity index (χ4n) is 1.50. The van der Waals surface area contributed by atoms with Crippen LogP contribution in [0.5, 0.6) is 0 Å². The lowest BCUT2D eigenvalue weighted by molar-refractivity contribution is 0.102. The van der Waals surface area contributed by atoms with E-state index in [1.54, 1.807) is 0 Å². The van der Waals surface area contributed by atoms with Gasteiger partial charge in [-0.25, -0.2) is 13.2 Å². The molecular weight excluding hydrogens is 257 g/mol. The molecule has 1 N–H and O–H groups in total. The van der Waals surface area contributed by atoms with Crippen LogP contribution in [0.3, 0.4) is 0 Å². The molecule has 19 heavy (non-hydrogen) atoms. The van der Waals surface area contributed by atoms with E-state index in [0.717, 1.165) is 12.3 Å². The van der Waals surface area contributed by atoms with Crippen molar-refractivity contribution >= 4 is 11.6 Å². The van der Waals surface area contributed by atoms with E-state index in [1.165, 1.54) is 19.2 Å². The molecule has 0 radical (unpaired) electrons. The quantitative estimate of drug-likeness (QED) is 0.907. The Hall–Kier alpha value is -2.37. The molecule has 0 unspecified atom stereocenters. The fourth-order valence-corrected chi connectivity index (χ4v) is 1.50. The van der Waals surface area contributed by atoms with E-state index in [4.69, 9.17) is 0 Å². The van der Waals surface area contributed by atoms with Gasteiger partial charge in [0.1, 0.15) is 11.6 Å². The number of amides is 1. The maximum atomic E-state index is 13.5. The molecule has 3 nitrogen and oxygen atoms in total. The number of aromatic nitrogens is 1.